The van der Waals surface area contributed by atoms with Gasteiger partial charge >= 0.3 is 0 Å². The molecule has 0 bridgehead atoms. The molecule has 0 aliphatic carbocycles. The zero-order valence-electron chi connectivity index (χ0n) is 8.65. The van der Waals surface area contributed by atoms with Crippen LogP contribution in [0.3, 0.4) is 0 Å². The third kappa shape index (κ3) is 3.11. The SMILES string of the molecule is COC1CCN(Cc2nnc(Cl)s2)CC1. The van der Waals surface area contributed by atoms with Crippen molar-refractivity contribution in [1.82, 2.24) is 15.1 Å². The lowest BCUT2D eigenvalue weighted by atomic mass is 10.1. The maximum Gasteiger partial charge on any atom is 0.207 e. The van der Waals surface area contributed by atoms with Crippen LogP contribution in [0.15, 0.2) is 0 Å². The molecule has 1 aromatic rings. The van der Waals surface area contributed by atoms with Crippen LogP contribution in [0.2, 0.25) is 4.47 Å². The number of rotatable bonds is 3. The minimum atomic E-state index is 0.430. The molecular weight excluding hydrogens is 234 g/mol. The van der Waals surface area contributed by atoms with Crippen LogP contribution >= 0.6 is 22.9 Å². The van der Waals surface area contributed by atoms with Gasteiger partial charge in [-0.1, -0.05) is 11.3 Å². The number of hydrogen-bond donors (Lipinski definition) is 0. The summed E-state index contributed by atoms with van der Waals surface area (Å²) in [6, 6.07) is 0. The zero-order chi connectivity index (χ0) is 10.7. The van der Waals surface area contributed by atoms with E-state index in [4.69, 9.17) is 16.3 Å². The highest BCUT2D eigenvalue weighted by Crippen LogP contribution is 2.19. The lowest BCUT2D eigenvalue weighted by Crippen LogP contribution is -2.36. The number of nitrogens with zero attached hydrogens (tertiary/aromatic N) is 3. The van der Waals surface area contributed by atoms with Crippen molar-refractivity contribution in [1.29, 1.82) is 0 Å². The van der Waals surface area contributed by atoms with Crippen molar-refractivity contribution < 1.29 is 4.74 Å². The Morgan fingerprint density at radius 1 is 1.47 bits per heavy atom. The first kappa shape index (κ1) is 11.3. The Bertz CT molecular complexity index is 312. The molecule has 84 valence electrons. The fourth-order valence-electron chi connectivity index (χ4n) is 1.79. The molecule has 1 saturated heterocycles. The Morgan fingerprint density at radius 3 is 2.73 bits per heavy atom. The number of piperidine rings is 1. The van der Waals surface area contributed by atoms with Gasteiger partial charge in [-0.15, -0.1) is 10.2 Å². The van der Waals surface area contributed by atoms with Gasteiger partial charge in [0.25, 0.3) is 0 Å². The highest BCUT2D eigenvalue weighted by Gasteiger charge is 2.19. The van der Waals surface area contributed by atoms with Gasteiger partial charge in [-0.25, -0.2) is 0 Å². The number of hydrogen-bond acceptors (Lipinski definition) is 5. The van der Waals surface area contributed by atoms with E-state index in [1.807, 2.05) is 0 Å². The first-order valence-corrected chi connectivity index (χ1v) is 6.20. The van der Waals surface area contributed by atoms with E-state index >= 15 is 0 Å². The predicted octanol–water partition coefficient (Wildman–Crippen LogP) is 1.80. The molecule has 6 heteroatoms. The minimum Gasteiger partial charge on any atom is -0.381 e. The number of methoxy groups -OCH3 is 1. The molecule has 2 rings (SSSR count). The molecule has 0 unspecified atom stereocenters. The lowest BCUT2D eigenvalue weighted by Gasteiger charge is -2.30. The van der Waals surface area contributed by atoms with Gasteiger partial charge < -0.3 is 4.74 Å². The second-order valence-electron chi connectivity index (χ2n) is 3.66. The average Bonchev–Trinajstić information content (AvgIpc) is 2.65. The maximum absolute atomic E-state index is 5.73. The Labute approximate surface area is 98.2 Å². The van der Waals surface area contributed by atoms with Gasteiger partial charge in [0.15, 0.2) is 0 Å². The predicted molar refractivity (Wildman–Crippen MR) is 60.2 cm³/mol. The largest absolute Gasteiger partial charge is 0.381 e. The van der Waals surface area contributed by atoms with Crippen LogP contribution < -0.4 is 0 Å². The lowest BCUT2D eigenvalue weighted by molar-refractivity contribution is 0.0388. The van der Waals surface area contributed by atoms with Crippen LogP contribution in [-0.2, 0) is 11.3 Å². The van der Waals surface area contributed by atoms with E-state index in [-0.39, 0.29) is 0 Å². The summed E-state index contributed by atoms with van der Waals surface area (Å²) in [6.45, 7) is 2.99. The van der Waals surface area contributed by atoms with Gasteiger partial charge in [-0.3, -0.25) is 4.90 Å². The molecule has 0 amide bonds. The van der Waals surface area contributed by atoms with E-state index in [9.17, 15) is 0 Å². The molecule has 4 nitrogen and oxygen atoms in total. The molecule has 1 aliphatic rings. The van der Waals surface area contributed by atoms with Crippen LogP contribution in [0, 0.1) is 0 Å². The first-order chi connectivity index (χ1) is 7.28. The topological polar surface area (TPSA) is 38.2 Å². The molecule has 1 aromatic heterocycles. The van der Waals surface area contributed by atoms with Crippen LogP contribution in [0.25, 0.3) is 0 Å². The summed E-state index contributed by atoms with van der Waals surface area (Å²) in [7, 11) is 1.78. The molecule has 15 heavy (non-hydrogen) atoms. The van der Waals surface area contributed by atoms with E-state index in [0.717, 1.165) is 37.5 Å². The van der Waals surface area contributed by atoms with Gasteiger partial charge in [-0.2, -0.15) is 0 Å². The molecule has 1 fully saturated rings. The second kappa shape index (κ2) is 5.21. The fraction of sp³-hybridized carbons (Fsp3) is 0.778. The number of ether oxygens (including phenoxy) is 1. The van der Waals surface area contributed by atoms with Gasteiger partial charge in [0.05, 0.1) is 12.6 Å². The molecule has 1 aliphatic heterocycles. The number of halogens is 1. The van der Waals surface area contributed by atoms with Crippen LogP contribution in [0.1, 0.15) is 17.8 Å². The quantitative estimate of drug-likeness (QED) is 0.817. The molecule has 0 aromatic carbocycles. The van der Waals surface area contributed by atoms with Crippen molar-refractivity contribution in [2.24, 2.45) is 0 Å². The van der Waals surface area contributed by atoms with E-state index in [1.54, 1.807) is 7.11 Å². The standard InChI is InChI=1S/C9H14ClN3OS/c1-14-7-2-4-13(5-3-7)6-8-11-12-9(10)15-8/h7H,2-6H2,1H3. The summed E-state index contributed by atoms with van der Waals surface area (Å²) in [5.74, 6) is 0. The monoisotopic (exact) mass is 247 g/mol. The molecule has 0 N–H and O–H groups in total. The van der Waals surface area contributed by atoms with Crippen LogP contribution in [0.5, 0.6) is 0 Å². The third-order valence-corrected chi connectivity index (χ3v) is 3.67. The Morgan fingerprint density at radius 2 is 2.20 bits per heavy atom. The fourth-order valence-corrected chi connectivity index (χ4v) is 2.70. The van der Waals surface area contributed by atoms with Gasteiger partial charge in [0.1, 0.15) is 5.01 Å². The van der Waals surface area contributed by atoms with Crippen molar-refractivity contribution in [2.45, 2.75) is 25.5 Å². The smallest absolute Gasteiger partial charge is 0.207 e. The molecular formula is C9H14ClN3OS. The highest BCUT2D eigenvalue weighted by molar-refractivity contribution is 7.15. The summed E-state index contributed by atoms with van der Waals surface area (Å²) in [4.78, 5) is 2.37. The summed E-state index contributed by atoms with van der Waals surface area (Å²) in [5, 5.41) is 8.80. The Kier molecular flexibility index (Phi) is 3.91. The molecule has 0 atom stereocenters. The highest BCUT2D eigenvalue weighted by atomic mass is 35.5. The van der Waals surface area contributed by atoms with Gasteiger partial charge in [-0.05, 0) is 24.4 Å². The molecule has 0 spiro atoms. The third-order valence-electron chi connectivity index (χ3n) is 2.67. The van der Waals surface area contributed by atoms with Crippen molar-refractivity contribution in [2.75, 3.05) is 20.2 Å². The summed E-state index contributed by atoms with van der Waals surface area (Å²) in [5.41, 5.74) is 0. The van der Waals surface area contributed by atoms with E-state index in [1.165, 1.54) is 11.3 Å². The van der Waals surface area contributed by atoms with Crippen molar-refractivity contribution in [3.05, 3.63) is 9.47 Å². The first-order valence-electron chi connectivity index (χ1n) is 5.01. The normalized spacial score (nSPS) is 19.6. The zero-order valence-corrected chi connectivity index (χ0v) is 10.2. The van der Waals surface area contributed by atoms with Gasteiger partial charge in [0, 0.05) is 20.2 Å². The van der Waals surface area contributed by atoms with E-state index < -0.39 is 0 Å². The molecule has 0 radical (unpaired) electrons. The van der Waals surface area contributed by atoms with Crippen molar-refractivity contribution >= 4 is 22.9 Å². The Balaban J connectivity index is 1.82. The summed E-state index contributed by atoms with van der Waals surface area (Å²) >= 11 is 7.19. The van der Waals surface area contributed by atoms with E-state index in [2.05, 4.69) is 15.1 Å². The van der Waals surface area contributed by atoms with Crippen molar-refractivity contribution in [3.8, 4) is 0 Å². The second-order valence-corrected chi connectivity index (χ2v) is 5.30. The van der Waals surface area contributed by atoms with Gasteiger partial charge in [0.2, 0.25) is 4.47 Å². The average molecular weight is 248 g/mol. The molecule has 0 saturated carbocycles. The maximum atomic E-state index is 5.73. The molecule has 2 heterocycles. The van der Waals surface area contributed by atoms with E-state index in [0.29, 0.717) is 10.6 Å². The number of likely N-dealkylation sites (tertiary alicyclic amines) is 1. The van der Waals surface area contributed by atoms with Crippen LogP contribution in [0.4, 0.5) is 0 Å². The minimum absolute atomic E-state index is 0.430. The number of aromatic nitrogens is 2. The summed E-state index contributed by atoms with van der Waals surface area (Å²) < 4.78 is 5.85. The van der Waals surface area contributed by atoms with Crippen LogP contribution in [-0.4, -0.2) is 41.4 Å². The summed E-state index contributed by atoms with van der Waals surface area (Å²) in [6.07, 6.45) is 2.63. The van der Waals surface area contributed by atoms with Crippen molar-refractivity contribution in [3.63, 3.8) is 0 Å². The Hall–Kier alpha value is -0.230.